The number of nitro benzene ring substituents is 1. The van der Waals surface area contributed by atoms with E-state index >= 15 is 0 Å². The maximum absolute atomic E-state index is 11.8. The molecule has 6 nitrogen and oxygen atoms in total. The van der Waals surface area contributed by atoms with E-state index in [0.29, 0.717) is 17.8 Å². The van der Waals surface area contributed by atoms with Crippen LogP contribution >= 0.6 is 11.6 Å². The Kier molecular flexibility index (Phi) is 5.54. The average molecular weight is 334 g/mol. The van der Waals surface area contributed by atoms with Crippen molar-refractivity contribution in [2.45, 2.75) is 13.3 Å². The molecule has 0 heterocycles. The number of anilines is 2. The number of halogens is 1. The molecular weight excluding hydrogens is 318 g/mol. The summed E-state index contributed by atoms with van der Waals surface area (Å²) in [6.07, 6.45) is 0.252. The van der Waals surface area contributed by atoms with Gasteiger partial charge in [0.2, 0.25) is 5.91 Å². The molecule has 0 atom stereocenters. The monoisotopic (exact) mass is 333 g/mol. The summed E-state index contributed by atoms with van der Waals surface area (Å²) in [5, 5.41) is 16.9. The van der Waals surface area contributed by atoms with Crippen LogP contribution in [0.15, 0.2) is 42.5 Å². The van der Waals surface area contributed by atoms with E-state index in [0.717, 1.165) is 5.69 Å². The van der Waals surface area contributed by atoms with Gasteiger partial charge in [-0.05, 0) is 24.6 Å². The van der Waals surface area contributed by atoms with E-state index in [4.69, 9.17) is 11.6 Å². The van der Waals surface area contributed by atoms with Crippen molar-refractivity contribution < 1.29 is 9.72 Å². The number of para-hydroxylation sites is 1. The zero-order chi connectivity index (χ0) is 16.8. The molecule has 0 fully saturated rings. The van der Waals surface area contributed by atoms with E-state index in [-0.39, 0.29) is 23.0 Å². The van der Waals surface area contributed by atoms with Crippen LogP contribution in [0.1, 0.15) is 12.0 Å². The fourth-order valence-electron chi connectivity index (χ4n) is 2.10. The highest BCUT2D eigenvalue weighted by atomic mass is 35.5. The predicted octanol–water partition coefficient (Wildman–Crippen LogP) is 4.00. The number of hydrogen-bond donors (Lipinski definition) is 2. The first-order valence-electron chi connectivity index (χ1n) is 7.00. The van der Waals surface area contributed by atoms with Gasteiger partial charge in [-0.25, -0.2) is 0 Å². The average Bonchev–Trinajstić information content (AvgIpc) is 2.50. The van der Waals surface area contributed by atoms with Crippen molar-refractivity contribution in [3.05, 3.63) is 63.2 Å². The molecule has 2 aromatic rings. The van der Waals surface area contributed by atoms with Crippen LogP contribution < -0.4 is 10.6 Å². The van der Waals surface area contributed by atoms with Gasteiger partial charge in [0, 0.05) is 30.8 Å². The Morgan fingerprint density at radius 2 is 1.96 bits per heavy atom. The lowest BCUT2D eigenvalue weighted by molar-refractivity contribution is -0.384. The van der Waals surface area contributed by atoms with Crippen LogP contribution in [0, 0.1) is 17.0 Å². The van der Waals surface area contributed by atoms with E-state index in [1.54, 1.807) is 6.92 Å². The van der Waals surface area contributed by atoms with Crippen LogP contribution in [0.2, 0.25) is 5.02 Å². The zero-order valence-electron chi connectivity index (χ0n) is 12.5. The van der Waals surface area contributed by atoms with Crippen LogP contribution in [0.5, 0.6) is 0 Å². The van der Waals surface area contributed by atoms with Crippen molar-refractivity contribution >= 4 is 34.6 Å². The number of non-ortho nitro benzene ring substituents is 1. The van der Waals surface area contributed by atoms with E-state index in [1.165, 1.54) is 12.1 Å². The topological polar surface area (TPSA) is 84.3 Å². The Hall–Kier alpha value is -2.60. The maximum Gasteiger partial charge on any atom is 0.271 e. The van der Waals surface area contributed by atoms with Gasteiger partial charge >= 0.3 is 0 Å². The minimum Gasteiger partial charge on any atom is -0.383 e. The molecule has 0 aromatic heterocycles. The third kappa shape index (κ3) is 4.69. The molecule has 0 aliphatic heterocycles. The summed E-state index contributed by atoms with van der Waals surface area (Å²) in [4.78, 5) is 22.1. The Balaban J connectivity index is 1.91. The first-order valence-corrected chi connectivity index (χ1v) is 7.38. The molecule has 120 valence electrons. The van der Waals surface area contributed by atoms with Crippen LogP contribution in [-0.2, 0) is 4.79 Å². The maximum atomic E-state index is 11.8. The van der Waals surface area contributed by atoms with Gasteiger partial charge in [0.25, 0.3) is 5.69 Å². The number of carbonyl (C=O) groups is 1. The van der Waals surface area contributed by atoms with Crippen LogP contribution in [0.25, 0.3) is 0 Å². The molecule has 2 rings (SSSR count). The van der Waals surface area contributed by atoms with Gasteiger partial charge in [-0.3, -0.25) is 14.9 Å². The van der Waals surface area contributed by atoms with Crippen molar-refractivity contribution in [3.8, 4) is 0 Å². The number of carbonyl (C=O) groups excluding carboxylic acids is 1. The second kappa shape index (κ2) is 7.60. The van der Waals surface area contributed by atoms with Crippen LogP contribution in [0.4, 0.5) is 17.1 Å². The number of hydrogen-bond acceptors (Lipinski definition) is 4. The molecule has 2 N–H and O–H groups in total. The molecular formula is C16H16ClN3O3. The summed E-state index contributed by atoms with van der Waals surface area (Å²) < 4.78 is 0. The van der Waals surface area contributed by atoms with Gasteiger partial charge < -0.3 is 10.6 Å². The molecule has 0 aliphatic carbocycles. The summed E-state index contributed by atoms with van der Waals surface area (Å²) in [5.74, 6) is -0.126. The second-order valence-electron chi connectivity index (χ2n) is 4.97. The first-order chi connectivity index (χ1) is 11.0. The Morgan fingerprint density at radius 1 is 1.26 bits per heavy atom. The van der Waals surface area contributed by atoms with E-state index in [1.807, 2.05) is 30.3 Å². The fourth-order valence-corrected chi connectivity index (χ4v) is 2.43. The normalized spacial score (nSPS) is 10.2. The number of nitro groups is 1. The molecule has 0 saturated carbocycles. The lowest BCUT2D eigenvalue weighted by Crippen LogP contribution is -2.16. The smallest absolute Gasteiger partial charge is 0.271 e. The Morgan fingerprint density at radius 3 is 2.57 bits per heavy atom. The van der Waals surface area contributed by atoms with Gasteiger partial charge in [0.1, 0.15) is 0 Å². The van der Waals surface area contributed by atoms with E-state index < -0.39 is 4.92 Å². The van der Waals surface area contributed by atoms with Gasteiger partial charge in [0.05, 0.1) is 15.6 Å². The molecule has 0 spiro atoms. The predicted molar refractivity (Wildman–Crippen MR) is 91.0 cm³/mol. The largest absolute Gasteiger partial charge is 0.383 e. The van der Waals surface area contributed by atoms with Gasteiger partial charge in [-0.15, -0.1) is 0 Å². The SMILES string of the molecule is Cc1cc([N+](=O)[O-])cc(Cl)c1NCCC(=O)Nc1ccccc1. The highest BCUT2D eigenvalue weighted by molar-refractivity contribution is 6.33. The van der Waals surface area contributed by atoms with Gasteiger partial charge in [0.15, 0.2) is 0 Å². The number of rotatable bonds is 6. The van der Waals surface area contributed by atoms with Crippen molar-refractivity contribution in [2.24, 2.45) is 0 Å². The molecule has 0 saturated heterocycles. The Labute approximate surface area is 138 Å². The van der Waals surface area contributed by atoms with Crippen LogP contribution in [-0.4, -0.2) is 17.4 Å². The highest BCUT2D eigenvalue weighted by Gasteiger charge is 2.13. The minimum atomic E-state index is -0.490. The number of amides is 1. The number of nitrogens with zero attached hydrogens (tertiary/aromatic N) is 1. The summed E-state index contributed by atoms with van der Waals surface area (Å²) in [7, 11) is 0. The summed E-state index contributed by atoms with van der Waals surface area (Å²) in [6, 6.07) is 11.9. The van der Waals surface area contributed by atoms with E-state index in [9.17, 15) is 14.9 Å². The van der Waals surface area contributed by atoms with E-state index in [2.05, 4.69) is 10.6 Å². The molecule has 1 amide bonds. The highest BCUT2D eigenvalue weighted by Crippen LogP contribution is 2.30. The third-order valence-corrected chi connectivity index (χ3v) is 3.49. The zero-order valence-corrected chi connectivity index (χ0v) is 13.3. The summed E-state index contributed by atoms with van der Waals surface area (Å²) in [5.41, 5.74) is 1.94. The first kappa shape index (κ1) is 16.8. The Bertz CT molecular complexity index is 697. The van der Waals surface area contributed by atoms with Crippen molar-refractivity contribution in [1.29, 1.82) is 0 Å². The molecule has 0 aliphatic rings. The molecule has 7 heteroatoms. The van der Waals surface area contributed by atoms with Crippen LogP contribution in [0.3, 0.4) is 0 Å². The van der Waals surface area contributed by atoms with Gasteiger partial charge in [-0.2, -0.15) is 0 Å². The standard InChI is InChI=1S/C16H16ClN3O3/c1-11-9-13(20(22)23)10-14(17)16(11)18-8-7-15(21)19-12-5-3-2-4-6-12/h2-6,9-10,18H,7-8H2,1H3,(H,19,21). The number of benzene rings is 2. The molecule has 0 unspecified atom stereocenters. The summed E-state index contributed by atoms with van der Waals surface area (Å²) >= 11 is 6.06. The van der Waals surface area contributed by atoms with Crippen molar-refractivity contribution in [3.63, 3.8) is 0 Å². The number of nitrogens with one attached hydrogen (secondary N) is 2. The lowest BCUT2D eigenvalue weighted by atomic mass is 10.1. The van der Waals surface area contributed by atoms with Crippen molar-refractivity contribution in [1.82, 2.24) is 0 Å². The summed E-state index contributed by atoms with van der Waals surface area (Å²) in [6.45, 7) is 2.10. The minimum absolute atomic E-state index is 0.0557. The quantitative estimate of drug-likeness (QED) is 0.618. The molecule has 0 bridgehead atoms. The fraction of sp³-hybridized carbons (Fsp3) is 0.188. The molecule has 23 heavy (non-hydrogen) atoms. The number of aryl methyl sites for hydroxylation is 1. The second-order valence-corrected chi connectivity index (χ2v) is 5.37. The lowest BCUT2D eigenvalue weighted by Gasteiger charge is -2.11. The van der Waals surface area contributed by atoms with Crippen molar-refractivity contribution in [2.75, 3.05) is 17.2 Å². The molecule has 2 aromatic carbocycles. The molecule has 0 radical (unpaired) electrons. The van der Waals surface area contributed by atoms with Gasteiger partial charge in [-0.1, -0.05) is 29.8 Å². The third-order valence-electron chi connectivity index (χ3n) is 3.19.